The van der Waals surface area contributed by atoms with Gasteiger partial charge in [-0.25, -0.2) is 4.98 Å². The van der Waals surface area contributed by atoms with Crippen LogP contribution in [0, 0.1) is 0 Å². The van der Waals surface area contributed by atoms with Crippen molar-refractivity contribution in [2.75, 3.05) is 37.6 Å². The van der Waals surface area contributed by atoms with E-state index in [4.69, 9.17) is 0 Å². The first kappa shape index (κ1) is 15.5. The molecule has 120 valence electrons. The molecule has 5 heteroatoms. The Bertz CT molecular complexity index is 715. The average Bonchev–Trinajstić information content (AvgIpc) is 2.57. The lowest BCUT2D eigenvalue weighted by molar-refractivity contribution is 0.278. The van der Waals surface area contributed by atoms with Crippen molar-refractivity contribution in [1.82, 2.24) is 14.9 Å². The predicted molar refractivity (Wildman–Crippen MR) is 93.6 cm³/mol. The second-order valence-corrected chi connectivity index (χ2v) is 5.91. The normalized spacial score (nSPS) is 16.6. The number of nitrogens with one attached hydrogen (secondary N) is 1. The van der Waals surface area contributed by atoms with Gasteiger partial charge in [0, 0.05) is 45.1 Å². The highest BCUT2D eigenvalue weighted by Crippen LogP contribution is 2.11. The van der Waals surface area contributed by atoms with Gasteiger partial charge in [0.1, 0.15) is 0 Å². The molecule has 2 aromatic rings. The Morgan fingerprint density at radius 1 is 1.22 bits per heavy atom. The maximum Gasteiger partial charge on any atom is 0.290 e. The summed E-state index contributed by atoms with van der Waals surface area (Å²) in [4.78, 5) is 23.2. The van der Waals surface area contributed by atoms with Gasteiger partial charge in [-0.2, -0.15) is 0 Å². The van der Waals surface area contributed by atoms with Gasteiger partial charge in [-0.3, -0.25) is 9.69 Å². The van der Waals surface area contributed by atoms with Crippen LogP contribution < -0.4 is 10.5 Å². The Kier molecular flexibility index (Phi) is 4.88. The summed E-state index contributed by atoms with van der Waals surface area (Å²) < 4.78 is 0. The number of nitrogens with zero attached hydrogens (tertiary/aromatic N) is 3. The molecule has 5 nitrogen and oxygen atoms in total. The molecule has 0 aliphatic carbocycles. The number of hydrogen-bond donors (Lipinski definition) is 1. The summed E-state index contributed by atoms with van der Waals surface area (Å²) in [5, 5.41) is 0. The van der Waals surface area contributed by atoms with Crippen LogP contribution in [0.4, 0.5) is 5.82 Å². The Labute approximate surface area is 136 Å². The molecule has 0 amide bonds. The second kappa shape index (κ2) is 7.24. The van der Waals surface area contributed by atoms with Crippen molar-refractivity contribution >= 4 is 11.9 Å². The minimum Gasteiger partial charge on any atom is -0.349 e. The molecule has 0 spiro atoms. The number of anilines is 1. The van der Waals surface area contributed by atoms with Gasteiger partial charge >= 0.3 is 0 Å². The van der Waals surface area contributed by atoms with Crippen molar-refractivity contribution in [3.8, 4) is 0 Å². The molecule has 0 bridgehead atoms. The van der Waals surface area contributed by atoms with Crippen molar-refractivity contribution in [2.24, 2.45) is 0 Å². The standard InChI is InChI=1S/C18H22N4O/c1-15(13-16-5-3-2-4-6-16)14-21-9-11-22(12-10-21)17-18(23)20-8-7-19-17/h2-8,13H,9-12,14H2,1H3,(H,20,23). The van der Waals surface area contributed by atoms with Gasteiger partial charge in [0.2, 0.25) is 0 Å². The zero-order chi connectivity index (χ0) is 16.1. The van der Waals surface area contributed by atoms with Crippen molar-refractivity contribution in [3.63, 3.8) is 0 Å². The summed E-state index contributed by atoms with van der Waals surface area (Å²) in [6, 6.07) is 10.4. The molecular weight excluding hydrogens is 288 g/mol. The van der Waals surface area contributed by atoms with E-state index in [2.05, 4.69) is 57.0 Å². The molecule has 1 aliphatic rings. The fourth-order valence-corrected chi connectivity index (χ4v) is 2.92. The highest BCUT2D eigenvalue weighted by Gasteiger charge is 2.19. The van der Waals surface area contributed by atoms with Crippen molar-refractivity contribution in [1.29, 1.82) is 0 Å². The maximum atomic E-state index is 11.8. The van der Waals surface area contributed by atoms with E-state index in [-0.39, 0.29) is 5.56 Å². The molecule has 2 heterocycles. The van der Waals surface area contributed by atoms with Gasteiger partial charge in [-0.15, -0.1) is 0 Å². The van der Waals surface area contributed by atoms with Crippen LogP contribution in [0.1, 0.15) is 12.5 Å². The Morgan fingerprint density at radius 3 is 2.65 bits per heavy atom. The number of aromatic nitrogens is 2. The fourth-order valence-electron chi connectivity index (χ4n) is 2.92. The lowest BCUT2D eigenvalue weighted by Gasteiger charge is -2.35. The molecule has 0 atom stereocenters. The fraction of sp³-hybridized carbons (Fsp3) is 0.333. The van der Waals surface area contributed by atoms with Gasteiger partial charge in [-0.1, -0.05) is 42.0 Å². The van der Waals surface area contributed by atoms with Gasteiger partial charge in [0.15, 0.2) is 5.82 Å². The highest BCUT2D eigenvalue weighted by atomic mass is 16.1. The Morgan fingerprint density at radius 2 is 1.96 bits per heavy atom. The van der Waals surface area contributed by atoms with Crippen molar-refractivity contribution < 1.29 is 0 Å². The monoisotopic (exact) mass is 310 g/mol. The number of aromatic amines is 1. The van der Waals surface area contributed by atoms with Crippen LogP contribution in [0.25, 0.3) is 6.08 Å². The quantitative estimate of drug-likeness (QED) is 0.938. The summed E-state index contributed by atoms with van der Waals surface area (Å²) in [5.41, 5.74) is 2.48. The molecule has 1 saturated heterocycles. The Hall–Kier alpha value is -2.40. The van der Waals surface area contributed by atoms with Crippen LogP contribution in [0.5, 0.6) is 0 Å². The zero-order valence-electron chi connectivity index (χ0n) is 13.4. The molecule has 1 fully saturated rings. The first-order valence-electron chi connectivity index (χ1n) is 7.95. The largest absolute Gasteiger partial charge is 0.349 e. The molecular formula is C18H22N4O. The van der Waals surface area contributed by atoms with Gasteiger partial charge < -0.3 is 9.88 Å². The summed E-state index contributed by atoms with van der Waals surface area (Å²) in [6.07, 6.45) is 5.44. The molecule has 3 rings (SSSR count). The van der Waals surface area contributed by atoms with Crippen molar-refractivity contribution in [3.05, 3.63) is 64.2 Å². The molecule has 0 unspecified atom stereocenters. The van der Waals surface area contributed by atoms with E-state index in [0.717, 1.165) is 32.7 Å². The smallest absolute Gasteiger partial charge is 0.290 e. The van der Waals surface area contributed by atoms with Crippen LogP contribution in [-0.2, 0) is 0 Å². The number of benzene rings is 1. The second-order valence-electron chi connectivity index (χ2n) is 5.91. The third-order valence-electron chi connectivity index (χ3n) is 4.05. The summed E-state index contributed by atoms with van der Waals surface area (Å²) in [7, 11) is 0. The summed E-state index contributed by atoms with van der Waals surface area (Å²) >= 11 is 0. The van der Waals surface area contributed by atoms with Crippen molar-refractivity contribution in [2.45, 2.75) is 6.92 Å². The van der Waals surface area contributed by atoms with E-state index in [1.807, 2.05) is 6.07 Å². The molecule has 1 aliphatic heterocycles. The zero-order valence-corrected chi connectivity index (χ0v) is 13.4. The summed E-state index contributed by atoms with van der Waals surface area (Å²) in [6.45, 7) is 6.67. The van der Waals surface area contributed by atoms with E-state index in [1.54, 1.807) is 12.4 Å². The Balaban J connectivity index is 1.56. The molecule has 1 N–H and O–H groups in total. The van der Waals surface area contributed by atoms with E-state index in [0.29, 0.717) is 5.82 Å². The molecule has 23 heavy (non-hydrogen) atoms. The SMILES string of the molecule is CC(=Cc1ccccc1)CN1CCN(c2ncc[nH]c2=O)CC1. The minimum atomic E-state index is -0.110. The van der Waals surface area contributed by atoms with E-state index in [9.17, 15) is 4.79 Å². The number of piperazine rings is 1. The number of H-pyrrole nitrogens is 1. The van der Waals surface area contributed by atoms with Crippen LogP contribution in [0.15, 0.2) is 53.1 Å². The highest BCUT2D eigenvalue weighted by molar-refractivity contribution is 5.52. The third-order valence-corrected chi connectivity index (χ3v) is 4.05. The number of rotatable bonds is 4. The lowest BCUT2D eigenvalue weighted by Crippen LogP contribution is -2.48. The first-order chi connectivity index (χ1) is 11.2. The van der Waals surface area contributed by atoms with E-state index < -0.39 is 0 Å². The van der Waals surface area contributed by atoms with Crippen LogP contribution in [0.3, 0.4) is 0 Å². The predicted octanol–water partition coefficient (Wildman–Crippen LogP) is 2.00. The molecule has 1 aromatic carbocycles. The first-order valence-corrected chi connectivity index (χ1v) is 7.95. The molecule has 1 aromatic heterocycles. The minimum absolute atomic E-state index is 0.110. The van der Waals surface area contributed by atoms with Gasteiger partial charge in [0.05, 0.1) is 0 Å². The van der Waals surface area contributed by atoms with E-state index >= 15 is 0 Å². The summed E-state index contributed by atoms with van der Waals surface area (Å²) in [5.74, 6) is 0.531. The van der Waals surface area contributed by atoms with Gasteiger partial charge in [-0.05, 0) is 12.5 Å². The topological polar surface area (TPSA) is 52.2 Å². The van der Waals surface area contributed by atoms with Crippen LogP contribution >= 0.6 is 0 Å². The number of hydrogen-bond acceptors (Lipinski definition) is 4. The van der Waals surface area contributed by atoms with Crippen LogP contribution in [0.2, 0.25) is 0 Å². The average molecular weight is 310 g/mol. The molecule has 0 saturated carbocycles. The van der Waals surface area contributed by atoms with Crippen LogP contribution in [-0.4, -0.2) is 47.6 Å². The van der Waals surface area contributed by atoms with Gasteiger partial charge in [0.25, 0.3) is 5.56 Å². The third kappa shape index (κ3) is 4.07. The lowest BCUT2D eigenvalue weighted by atomic mass is 10.1. The van der Waals surface area contributed by atoms with E-state index in [1.165, 1.54) is 11.1 Å². The molecule has 0 radical (unpaired) electrons. The maximum absolute atomic E-state index is 11.8.